The van der Waals surface area contributed by atoms with Gasteiger partial charge < -0.3 is 18.8 Å². The van der Waals surface area contributed by atoms with Gasteiger partial charge in [-0.2, -0.15) is 4.39 Å². The summed E-state index contributed by atoms with van der Waals surface area (Å²) in [6, 6.07) is 2.79. The molecule has 1 saturated heterocycles. The number of hydrogen-bond donors (Lipinski definition) is 0. The van der Waals surface area contributed by atoms with Crippen molar-refractivity contribution in [2.24, 2.45) is 0 Å². The zero-order chi connectivity index (χ0) is 16.5. The van der Waals surface area contributed by atoms with Gasteiger partial charge in [0.15, 0.2) is 17.4 Å². The second-order valence-corrected chi connectivity index (χ2v) is 6.21. The predicted molar refractivity (Wildman–Crippen MR) is 79.4 cm³/mol. The number of benzene rings is 1. The van der Waals surface area contributed by atoms with Gasteiger partial charge in [0.05, 0.1) is 17.8 Å². The lowest BCUT2D eigenvalue weighted by Gasteiger charge is -2.32. The summed E-state index contributed by atoms with van der Waals surface area (Å²) >= 11 is 0. The maximum atomic E-state index is 14.3. The SMILES string of the molecule is COCCOc1ccc(B2OC(C)(C)C(C)(C)O2)c(F)c1F. The number of ether oxygens (including phenoxy) is 2. The zero-order valence-corrected chi connectivity index (χ0v) is 13.5. The summed E-state index contributed by atoms with van der Waals surface area (Å²) in [6.45, 7) is 7.84. The van der Waals surface area contributed by atoms with Gasteiger partial charge in [0.1, 0.15) is 6.61 Å². The van der Waals surface area contributed by atoms with Gasteiger partial charge in [0.25, 0.3) is 0 Å². The van der Waals surface area contributed by atoms with Crippen molar-refractivity contribution in [2.45, 2.75) is 38.9 Å². The highest BCUT2D eigenvalue weighted by molar-refractivity contribution is 6.62. The van der Waals surface area contributed by atoms with E-state index in [1.165, 1.54) is 19.2 Å². The van der Waals surface area contributed by atoms with Crippen LogP contribution < -0.4 is 10.2 Å². The molecule has 0 radical (unpaired) electrons. The van der Waals surface area contributed by atoms with Gasteiger partial charge in [0, 0.05) is 12.6 Å². The molecule has 1 aliphatic heterocycles. The summed E-state index contributed by atoms with van der Waals surface area (Å²) in [5.74, 6) is -2.23. The lowest BCUT2D eigenvalue weighted by molar-refractivity contribution is 0.00578. The summed E-state index contributed by atoms with van der Waals surface area (Å²) in [5.41, 5.74) is -1.21. The van der Waals surface area contributed by atoms with Crippen molar-refractivity contribution in [3.8, 4) is 5.75 Å². The molecule has 1 fully saturated rings. The predicted octanol–water partition coefficient (Wildman–Crippen LogP) is 2.29. The van der Waals surface area contributed by atoms with Crippen LogP contribution in [0.2, 0.25) is 0 Å². The van der Waals surface area contributed by atoms with Crippen LogP contribution in [0.1, 0.15) is 27.7 Å². The van der Waals surface area contributed by atoms with Crippen LogP contribution in [-0.2, 0) is 14.0 Å². The van der Waals surface area contributed by atoms with Crippen molar-refractivity contribution in [3.05, 3.63) is 23.8 Å². The van der Waals surface area contributed by atoms with Crippen molar-refractivity contribution in [3.63, 3.8) is 0 Å². The monoisotopic (exact) mass is 314 g/mol. The average Bonchev–Trinajstić information content (AvgIpc) is 2.63. The Morgan fingerprint density at radius 2 is 1.59 bits per heavy atom. The summed E-state index contributed by atoms with van der Waals surface area (Å²) in [4.78, 5) is 0. The maximum Gasteiger partial charge on any atom is 0.497 e. The smallest absolute Gasteiger partial charge is 0.488 e. The molecule has 0 bridgehead atoms. The third-order valence-corrected chi connectivity index (χ3v) is 4.13. The van der Waals surface area contributed by atoms with Crippen LogP contribution in [0, 0.1) is 11.6 Å². The van der Waals surface area contributed by atoms with Crippen molar-refractivity contribution >= 4 is 12.6 Å². The first-order valence-corrected chi connectivity index (χ1v) is 7.15. The number of rotatable bonds is 5. The van der Waals surface area contributed by atoms with Crippen LogP contribution in [0.3, 0.4) is 0 Å². The first kappa shape index (κ1) is 17.2. The maximum absolute atomic E-state index is 14.3. The van der Waals surface area contributed by atoms with Gasteiger partial charge in [-0.05, 0) is 33.8 Å². The Hall–Kier alpha value is -1.18. The first-order chi connectivity index (χ1) is 10.2. The van der Waals surface area contributed by atoms with Crippen LogP contribution in [0.25, 0.3) is 0 Å². The van der Waals surface area contributed by atoms with E-state index in [4.69, 9.17) is 18.8 Å². The molecule has 1 aliphatic rings. The molecule has 0 saturated carbocycles. The van der Waals surface area contributed by atoms with Crippen molar-refractivity contribution in [1.29, 1.82) is 0 Å². The minimum absolute atomic E-state index is 0.0234. The normalized spacial score (nSPS) is 19.5. The van der Waals surface area contributed by atoms with Gasteiger partial charge in [-0.1, -0.05) is 6.07 Å². The van der Waals surface area contributed by atoms with Crippen LogP contribution >= 0.6 is 0 Å². The quantitative estimate of drug-likeness (QED) is 0.617. The van der Waals surface area contributed by atoms with Crippen molar-refractivity contribution in [2.75, 3.05) is 20.3 Å². The van der Waals surface area contributed by atoms with Crippen LogP contribution in [0.5, 0.6) is 5.75 Å². The topological polar surface area (TPSA) is 36.9 Å². The minimum Gasteiger partial charge on any atom is -0.488 e. The molecule has 1 aromatic rings. The molecule has 1 heterocycles. The molecule has 122 valence electrons. The molecule has 0 aromatic heterocycles. The summed E-state index contributed by atoms with van der Waals surface area (Å²) in [6.07, 6.45) is 0. The van der Waals surface area contributed by atoms with Gasteiger partial charge in [-0.15, -0.1) is 0 Å². The largest absolute Gasteiger partial charge is 0.497 e. The van der Waals surface area contributed by atoms with E-state index in [-0.39, 0.29) is 17.8 Å². The van der Waals surface area contributed by atoms with E-state index in [2.05, 4.69) is 0 Å². The molecular formula is C15H21BF2O4. The third kappa shape index (κ3) is 3.11. The van der Waals surface area contributed by atoms with Gasteiger partial charge >= 0.3 is 7.12 Å². The highest BCUT2D eigenvalue weighted by Gasteiger charge is 2.52. The molecule has 22 heavy (non-hydrogen) atoms. The molecule has 0 N–H and O–H groups in total. The van der Waals surface area contributed by atoms with Crippen molar-refractivity contribution < 1.29 is 27.6 Å². The Morgan fingerprint density at radius 1 is 1.00 bits per heavy atom. The highest BCUT2D eigenvalue weighted by atomic mass is 19.2. The van der Waals surface area contributed by atoms with Crippen molar-refractivity contribution in [1.82, 2.24) is 0 Å². The molecule has 2 rings (SSSR count). The fourth-order valence-electron chi connectivity index (χ4n) is 2.05. The van der Waals surface area contributed by atoms with Gasteiger partial charge in [-0.25, -0.2) is 4.39 Å². The Balaban J connectivity index is 2.22. The van der Waals surface area contributed by atoms with E-state index in [0.29, 0.717) is 6.61 Å². The van der Waals surface area contributed by atoms with E-state index < -0.39 is 30.0 Å². The van der Waals surface area contributed by atoms with Gasteiger partial charge in [-0.3, -0.25) is 0 Å². The first-order valence-electron chi connectivity index (χ1n) is 7.15. The molecule has 0 atom stereocenters. The molecular weight excluding hydrogens is 293 g/mol. The summed E-state index contributed by atoms with van der Waals surface area (Å²) in [7, 11) is 0.550. The standard InChI is InChI=1S/C15H21BF2O4/c1-14(2)15(3,4)22-16(21-14)10-6-7-11(13(18)12(10)17)20-9-8-19-5/h6-7H,8-9H2,1-5H3. The molecule has 0 spiro atoms. The van der Waals surface area contributed by atoms with E-state index in [1.54, 1.807) is 0 Å². The van der Waals surface area contributed by atoms with Gasteiger partial charge in [0.2, 0.25) is 0 Å². The molecule has 0 unspecified atom stereocenters. The lowest BCUT2D eigenvalue weighted by Crippen LogP contribution is -2.41. The third-order valence-electron chi connectivity index (χ3n) is 4.13. The van der Waals surface area contributed by atoms with E-state index in [9.17, 15) is 8.78 Å². The van der Waals surface area contributed by atoms with E-state index in [1.807, 2.05) is 27.7 Å². The molecule has 0 amide bonds. The molecule has 4 nitrogen and oxygen atoms in total. The Bertz CT molecular complexity index is 533. The molecule has 0 aliphatic carbocycles. The van der Waals surface area contributed by atoms with E-state index >= 15 is 0 Å². The minimum atomic E-state index is -1.05. The lowest BCUT2D eigenvalue weighted by atomic mass is 9.78. The summed E-state index contributed by atoms with van der Waals surface area (Å²) < 4.78 is 49.8. The summed E-state index contributed by atoms with van der Waals surface area (Å²) in [5, 5.41) is 0. The Morgan fingerprint density at radius 3 is 2.14 bits per heavy atom. The zero-order valence-electron chi connectivity index (χ0n) is 13.5. The molecule has 1 aromatic carbocycles. The number of hydrogen-bond acceptors (Lipinski definition) is 4. The second-order valence-electron chi connectivity index (χ2n) is 6.21. The van der Waals surface area contributed by atoms with Crippen LogP contribution in [0.15, 0.2) is 12.1 Å². The van der Waals surface area contributed by atoms with E-state index in [0.717, 1.165) is 0 Å². The molecule has 7 heteroatoms. The fourth-order valence-corrected chi connectivity index (χ4v) is 2.05. The Kier molecular flexibility index (Phi) is 4.80. The van der Waals surface area contributed by atoms with Crippen LogP contribution in [-0.4, -0.2) is 38.6 Å². The number of methoxy groups -OCH3 is 1. The highest BCUT2D eigenvalue weighted by Crippen LogP contribution is 2.37. The second kappa shape index (κ2) is 6.14. The number of halogens is 2. The van der Waals surface area contributed by atoms with Crippen LogP contribution in [0.4, 0.5) is 8.78 Å². The Labute approximate surface area is 129 Å². The fraction of sp³-hybridized carbons (Fsp3) is 0.600. The average molecular weight is 314 g/mol.